The first-order valence-electron chi connectivity index (χ1n) is 7.77. The van der Waals surface area contributed by atoms with Gasteiger partial charge in [0.05, 0.1) is 11.2 Å². The topological polar surface area (TPSA) is 38.8 Å². The Morgan fingerprint density at radius 1 is 1.09 bits per heavy atom. The van der Waals surface area contributed by atoms with Crippen molar-refractivity contribution < 1.29 is 22.9 Å². The van der Waals surface area contributed by atoms with E-state index >= 15 is 0 Å². The minimum atomic E-state index is -0.986. The number of rotatable bonds is 2. The van der Waals surface area contributed by atoms with E-state index in [1.165, 1.54) is 4.90 Å². The zero-order chi connectivity index (χ0) is 17.0. The van der Waals surface area contributed by atoms with E-state index in [-0.39, 0.29) is 5.91 Å². The van der Waals surface area contributed by atoms with Crippen molar-refractivity contribution in [1.29, 1.82) is 0 Å². The van der Waals surface area contributed by atoms with Crippen molar-refractivity contribution >= 4 is 24.2 Å². The summed E-state index contributed by atoms with van der Waals surface area (Å²) in [5.74, 6) is -2.07. The van der Waals surface area contributed by atoms with Crippen LogP contribution in [-0.2, 0) is 14.1 Å². The third-order valence-electron chi connectivity index (χ3n) is 4.94. The molecule has 7 heteroatoms. The van der Waals surface area contributed by atoms with Gasteiger partial charge in [-0.25, -0.2) is 8.78 Å². The molecule has 0 N–H and O–H groups in total. The summed E-state index contributed by atoms with van der Waals surface area (Å²) in [5.41, 5.74) is -0.536. The molecule has 0 saturated carbocycles. The number of carbonyl (C=O) groups excluding carboxylic acids is 1. The Balaban J connectivity index is 2.05. The van der Waals surface area contributed by atoms with Crippen LogP contribution in [0, 0.1) is 11.6 Å². The number of nitrogens with zero attached hydrogens (tertiary/aromatic N) is 1. The minimum absolute atomic E-state index is 0.103. The average molecular weight is 323 g/mol. The summed E-state index contributed by atoms with van der Waals surface area (Å²) in [6.45, 7) is 8.01. The van der Waals surface area contributed by atoms with E-state index in [1.807, 2.05) is 27.7 Å². The Morgan fingerprint density at radius 2 is 1.65 bits per heavy atom. The lowest BCUT2D eigenvalue weighted by Crippen LogP contribution is -2.41. The first-order chi connectivity index (χ1) is 10.6. The molecule has 124 valence electrons. The zero-order valence-corrected chi connectivity index (χ0v) is 13.8. The number of anilines is 1. The number of benzene rings is 1. The lowest BCUT2D eigenvalue weighted by Gasteiger charge is -2.32. The van der Waals surface area contributed by atoms with Crippen LogP contribution in [0.2, 0.25) is 0 Å². The monoisotopic (exact) mass is 323 g/mol. The van der Waals surface area contributed by atoms with Crippen LogP contribution < -0.4 is 10.4 Å². The van der Waals surface area contributed by atoms with Crippen LogP contribution in [0.4, 0.5) is 14.5 Å². The van der Waals surface area contributed by atoms with Crippen molar-refractivity contribution in [2.45, 2.75) is 51.7 Å². The van der Waals surface area contributed by atoms with E-state index in [0.29, 0.717) is 30.5 Å². The molecule has 0 aromatic heterocycles. The molecule has 2 saturated heterocycles. The zero-order valence-electron chi connectivity index (χ0n) is 13.8. The van der Waals surface area contributed by atoms with Crippen LogP contribution in [0.15, 0.2) is 12.1 Å². The summed E-state index contributed by atoms with van der Waals surface area (Å²) in [6, 6.07) is 2.12. The Bertz CT molecular complexity index is 647. The van der Waals surface area contributed by atoms with E-state index in [2.05, 4.69) is 0 Å². The van der Waals surface area contributed by atoms with Crippen molar-refractivity contribution in [2.75, 3.05) is 11.4 Å². The predicted octanol–water partition coefficient (Wildman–Crippen LogP) is 2.39. The number of hydrogen-bond acceptors (Lipinski definition) is 3. The molecule has 1 aromatic rings. The molecule has 0 aliphatic carbocycles. The summed E-state index contributed by atoms with van der Waals surface area (Å²) < 4.78 is 39.4. The van der Waals surface area contributed by atoms with Crippen LogP contribution in [0.1, 0.15) is 40.5 Å². The van der Waals surface area contributed by atoms with Gasteiger partial charge in [0.2, 0.25) is 5.91 Å². The molecule has 0 bridgehead atoms. The Labute approximate surface area is 134 Å². The molecule has 3 rings (SSSR count). The van der Waals surface area contributed by atoms with E-state index in [1.54, 1.807) is 0 Å². The predicted molar refractivity (Wildman–Crippen MR) is 83.7 cm³/mol. The van der Waals surface area contributed by atoms with Gasteiger partial charge in [-0.05, 0) is 40.2 Å². The summed E-state index contributed by atoms with van der Waals surface area (Å²) in [7, 11) is -0.849. The molecular formula is C16H20BF2NO3. The quantitative estimate of drug-likeness (QED) is 0.785. The number of carbonyl (C=O) groups is 1. The van der Waals surface area contributed by atoms with Crippen molar-refractivity contribution in [3.05, 3.63) is 23.8 Å². The van der Waals surface area contributed by atoms with Gasteiger partial charge < -0.3 is 14.2 Å². The van der Waals surface area contributed by atoms with Crippen LogP contribution in [-0.4, -0.2) is 30.8 Å². The lowest BCUT2D eigenvalue weighted by atomic mass is 9.77. The van der Waals surface area contributed by atoms with Crippen molar-refractivity contribution in [1.82, 2.24) is 0 Å². The van der Waals surface area contributed by atoms with Crippen LogP contribution in [0.5, 0.6) is 0 Å². The Kier molecular flexibility index (Phi) is 3.76. The van der Waals surface area contributed by atoms with E-state index in [0.717, 1.165) is 12.1 Å². The maximum absolute atomic E-state index is 13.8. The highest BCUT2D eigenvalue weighted by Gasteiger charge is 2.52. The van der Waals surface area contributed by atoms with Crippen molar-refractivity contribution in [3.8, 4) is 0 Å². The third-order valence-corrected chi connectivity index (χ3v) is 4.94. The second-order valence-electron chi connectivity index (χ2n) is 7.06. The molecule has 2 aliphatic rings. The van der Waals surface area contributed by atoms with E-state index < -0.39 is 30.0 Å². The maximum Gasteiger partial charge on any atom is 0.497 e. The lowest BCUT2D eigenvalue weighted by molar-refractivity contribution is -0.117. The Morgan fingerprint density at radius 3 is 2.17 bits per heavy atom. The van der Waals surface area contributed by atoms with Gasteiger partial charge in [0, 0.05) is 30.2 Å². The Hall–Kier alpha value is -1.47. The molecule has 0 spiro atoms. The number of amides is 1. The van der Waals surface area contributed by atoms with Crippen LogP contribution in [0.25, 0.3) is 0 Å². The summed E-state index contributed by atoms with van der Waals surface area (Å²) in [6.07, 6.45) is 1.10. The van der Waals surface area contributed by atoms with Gasteiger partial charge in [-0.3, -0.25) is 4.79 Å². The summed E-state index contributed by atoms with van der Waals surface area (Å²) >= 11 is 0. The molecule has 0 atom stereocenters. The largest absolute Gasteiger partial charge is 0.497 e. The molecule has 2 aliphatic heterocycles. The molecule has 1 amide bonds. The molecule has 1 aromatic carbocycles. The molecule has 2 fully saturated rings. The van der Waals surface area contributed by atoms with Gasteiger partial charge in [0.15, 0.2) is 11.6 Å². The first kappa shape index (κ1) is 16.4. The highest BCUT2D eigenvalue weighted by Crippen LogP contribution is 2.37. The van der Waals surface area contributed by atoms with Gasteiger partial charge in [0.25, 0.3) is 0 Å². The fourth-order valence-corrected chi connectivity index (χ4v) is 2.85. The van der Waals surface area contributed by atoms with Gasteiger partial charge in [-0.1, -0.05) is 0 Å². The van der Waals surface area contributed by atoms with Gasteiger partial charge in [0.1, 0.15) is 0 Å². The summed E-state index contributed by atoms with van der Waals surface area (Å²) in [5, 5.41) is 0. The molecular weight excluding hydrogens is 303 g/mol. The number of hydrogen-bond donors (Lipinski definition) is 0. The van der Waals surface area contributed by atoms with Gasteiger partial charge >= 0.3 is 7.12 Å². The molecule has 23 heavy (non-hydrogen) atoms. The maximum atomic E-state index is 13.8. The summed E-state index contributed by atoms with van der Waals surface area (Å²) in [4.78, 5) is 13.5. The normalized spacial score (nSPS) is 23.0. The SMILES string of the molecule is CC1(C)OB(c2cc(F)c(F)cc2N2CCCC2=O)OC1(C)C. The standard InChI is InChI=1S/C16H20BF2NO3/c1-15(2)16(3,4)23-17(22-15)10-8-11(18)12(19)9-13(10)20-7-5-6-14(20)21/h8-9H,5-7H2,1-4H3. The van der Waals surface area contributed by atoms with E-state index in [9.17, 15) is 13.6 Å². The fourth-order valence-electron chi connectivity index (χ4n) is 2.85. The highest BCUT2D eigenvalue weighted by atomic mass is 19.2. The first-order valence-corrected chi connectivity index (χ1v) is 7.77. The van der Waals surface area contributed by atoms with Gasteiger partial charge in [-0.15, -0.1) is 0 Å². The van der Waals surface area contributed by atoms with Gasteiger partial charge in [-0.2, -0.15) is 0 Å². The van der Waals surface area contributed by atoms with E-state index in [4.69, 9.17) is 9.31 Å². The molecule has 0 unspecified atom stereocenters. The smallest absolute Gasteiger partial charge is 0.399 e. The van der Waals surface area contributed by atoms with Crippen LogP contribution in [0.3, 0.4) is 0 Å². The molecule has 4 nitrogen and oxygen atoms in total. The minimum Gasteiger partial charge on any atom is -0.399 e. The molecule has 0 radical (unpaired) electrons. The average Bonchev–Trinajstić information content (AvgIpc) is 2.94. The third kappa shape index (κ3) is 2.66. The van der Waals surface area contributed by atoms with Crippen molar-refractivity contribution in [2.24, 2.45) is 0 Å². The highest BCUT2D eigenvalue weighted by molar-refractivity contribution is 6.64. The number of halogens is 2. The second kappa shape index (κ2) is 5.28. The molecule has 2 heterocycles. The second-order valence-corrected chi connectivity index (χ2v) is 7.06. The fraction of sp³-hybridized carbons (Fsp3) is 0.562. The van der Waals surface area contributed by atoms with Crippen LogP contribution >= 0.6 is 0 Å². The van der Waals surface area contributed by atoms with Crippen molar-refractivity contribution in [3.63, 3.8) is 0 Å².